The first-order chi connectivity index (χ1) is 10.5. The van der Waals surface area contributed by atoms with Crippen molar-refractivity contribution in [1.82, 2.24) is 0 Å². The number of hydrogen-bond donors (Lipinski definition) is 0. The van der Waals surface area contributed by atoms with Gasteiger partial charge in [0.15, 0.2) is 23.3 Å². The maximum absolute atomic E-state index is 14.4. The quantitative estimate of drug-likeness (QED) is 0.482. The van der Waals surface area contributed by atoms with E-state index in [0.29, 0.717) is 24.8 Å². The Hall–Kier alpha value is -1.84. The van der Waals surface area contributed by atoms with Gasteiger partial charge in [0, 0.05) is 5.56 Å². The van der Waals surface area contributed by atoms with Crippen LogP contribution in [0.3, 0.4) is 0 Å². The van der Waals surface area contributed by atoms with Crippen LogP contribution in [0.4, 0.5) is 17.6 Å². The molecule has 0 bridgehead atoms. The second-order valence-corrected chi connectivity index (χ2v) is 5.22. The molecule has 0 nitrogen and oxygen atoms in total. The van der Waals surface area contributed by atoms with Gasteiger partial charge in [0.2, 0.25) is 0 Å². The smallest absolute Gasteiger partial charge is 0.170 e. The zero-order chi connectivity index (χ0) is 16.3. The van der Waals surface area contributed by atoms with E-state index in [9.17, 15) is 17.6 Å². The Morgan fingerprint density at radius 3 is 1.95 bits per heavy atom. The lowest BCUT2D eigenvalue weighted by Gasteiger charge is -2.14. The number of aryl methyl sites for hydroxylation is 1. The lowest BCUT2D eigenvalue weighted by Crippen LogP contribution is -2.07. The third kappa shape index (κ3) is 2.87. The van der Waals surface area contributed by atoms with Gasteiger partial charge in [-0.2, -0.15) is 0 Å². The Morgan fingerprint density at radius 1 is 0.818 bits per heavy atom. The molecule has 0 saturated carbocycles. The average Bonchev–Trinajstić information content (AvgIpc) is 2.54. The fourth-order valence-corrected chi connectivity index (χ4v) is 2.56. The molecule has 2 aromatic rings. The van der Waals surface area contributed by atoms with E-state index in [1.165, 1.54) is 6.07 Å². The maximum Gasteiger partial charge on any atom is 0.170 e. The van der Waals surface area contributed by atoms with Gasteiger partial charge in [-0.15, -0.1) is 0 Å². The molecule has 22 heavy (non-hydrogen) atoms. The maximum atomic E-state index is 14.4. The molecule has 118 valence electrons. The fraction of sp³-hybridized carbons (Fsp3) is 0.333. The molecule has 0 radical (unpaired) electrons. The van der Waals surface area contributed by atoms with E-state index in [0.717, 1.165) is 0 Å². The van der Waals surface area contributed by atoms with Crippen LogP contribution in [0.2, 0.25) is 0 Å². The van der Waals surface area contributed by atoms with Crippen molar-refractivity contribution in [1.29, 1.82) is 0 Å². The highest BCUT2D eigenvalue weighted by Crippen LogP contribution is 2.34. The van der Waals surface area contributed by atoms with Crippen LogP contribution in [-0.2, 0) is 12.8 Å². The van der Waals surface area contributed by atoms with Gasteiger partial charge in [-0.1, -0.05) is 44.5 Å². The largest absolute Gasteiger partial charge is 0.203 e. The highest BCUT2D eigenvalue weighted by molar-refractivity contribution is 5.69. The first-order valence-corrected chi connectivity index (χ1v) is 7.45. The summed E-state index contributed by atoms with van der Waals surface area (Å²) in [5, 5.41) is 0. The molecule has 0 aromatic heterocycles. The lowest BCUT2D eigenvalue weighted by atomic mass is 9.94. The monoisotopic (exact) mass is 310 g/mol. The van der Waals surface area contributed by atoms with Crippen molar-refractivity contribution < 1.29 is 17.6 Å². The summed E-state index contributed by atoms with van der Waals surface area (Å²) in [5.74, 6) is -5.20. The van der Waals surface area contributed by atoms with Crippen LogP contribution in [0, 0.1) is 23.3 Å². The Bertz CT molecular complexity index is 648. The second kappa shape index (κ2) is 6.95. The minimum absolute atomic E-state index is 0.0162. The summed E-state index contributed by atoms with van der Waals surface area (Å²) in [6.45, 7) is 3.66. The number of rotatable bonds is 5. The van der Waals surface area contributed by atoms with E-state index in [2.05, 4.69) is 0 Å². The number of benzene rings is 2. The topological polar surface area (TPSA) is 0 Å². The second-order valence-electron chi connectivity index (χ2n) is 5.22. The zero-order valence-corrected chi connectivity index (χ0v) is 12.6. The summed E-state index contributed by atoms with van der Waals surface area (Å²) in [6, 6.07) is 6.48. The summed E-state index contributed by atoms with van der Waals surface area (Å²) in [6.07, 6.45) is 1.65. The van der Waals surface area contributed by atoms with Crippen LogP contribution in [0.25, 0.3) is 11.1 Å². The van der Waals surface area contributed by atoms with Crippen molar-refractivity contribution in [2.75, 3.05) is 0 Å². The van der Waals surface area contributed by atoms with Crippen LogP contribution in [0.1, 0.15) is 37.8 Å². The van der Waals surface area contributed by atoms with E-state index >= 15 is 0 Å². The van der Waals surface area contributed by atoms with E-state index < -0.39 is 34.4 Å². The van der Waals surface area contributed by atoms with Crippen molar-refractivity contribution in [3.8, 4) is 11.1 Å². The Morgan fingerprint density at radius 2 is 1.41 bits per heavy atom. The minimum atomic E-state index is -1.31. The van der Waals surface area contributed by atoms with Crippen molar-refractivity contribution >= 4 is 0 Å². The van der Waals surface area contributed by atoms with E-state index in [-0.39, 0.29) is 12.0 Å². The predicted octanol–water partition coefficient (Wildman–Crippen LogP) is 5.82. The van der Waals surface area contributed by atoms with Gasteiger partial charge in [-0.25, -0.2) is 17.6 Å². The molecule has 0 atom stereocenters. The molecule has 0 fully saturated rings. The van der Waals surface area contributed by atoms with Gasteiger partial charge in [-0.3, -0.25) is 0 Å². The van der Waals surface area contributed by atoms with E-state index in [1.54, 1.807) is 18.2 Å². The van der Waals surface area contributed by atoms with E-state index in [1.807, 2.05) is 13.8 Å². The molecule has 2 aromatic carbocycles. The van der Waals surface area contributed by atoms with Gasteiger partial charge in [0.1, 0.15) is 0 Å². The summed E-state index contributed by atoms with van der Waals surface area (Å²) < 4.78 is 57.0. The summed E-state index contributed by atoms with van der Waals surface area (Å²) in [7, 11) is 0. The Kier molecular flexibility index (Phi) is 5.22. The molecular formula is C18H18F4. The molecule has 0 heterocycles. The first-order valence-electron chi connectivity index (χ1n) is 7.45. The number of unbranched alkanes of at least 4 members (excludes halogenated alkanes) is 1. The molecular weight excluding hydrogens is 292 g/mol. The number of halogens is 4. The Labute approximate surface area is 127 Å². The van der Waals surface area contributed by atoms with Gasteiger partial charge in [0.05, 0.1) is 5.56 Å². The van der Waals surface area contributed by atoms with Crippen LogP contribution < -0.4 is 0 Å². The van der Waals surface area contributed by atoms with Crippen LogP contribution in [0.15, 0.2) is 24.3 Å². The molecule has 0 N–H and O–H groups in total. The molecule has 0 aliphatic heterocycles. The highest BCUT2D eigenvalue weighted by atomic mass is 19.2. The third-order valence-corrected chi connectivity index (χ3v) is 3.80. The van der Waals surface area contributed by atoms with Crippen molar-refractivity contribution in [3.05, 3.63) is 58.7 Å². The standard InChI is InChI=1S/C18H18F4/c1-3-5-9-13-15(19)17(21)14(18(22)16(13)20)12-10-7-6-8-11(12)4-2/h6-8,10H,3-5,9H2,1-2H3. The summed E-state index contributed by atoms with van der Waals surface area (Å²) in [4.78, 5) is 0. The molecule has 0 unspecified atom stereocenters. The Balaban J connectivity index is 2.68. The SMILES string of the molecule is CCCCc1c(F)c(F)c(-c2ccccc2CC)c(F)c1F. The van der Waals surface area contributed by atoms with Crippen LogP contribution >= 0.6 is 0 Å². The van der Waals surface area contributed by atoms with Crippen LogP contribution in [0.5, 0.6) is 0 Å². The summed E-state index contributed by atoms with van der Waals surface area (Å²) in [5.41, 5.74) is -0.289. The molecule has 4 heteroatoms. The molecule has 0 spiro atoms. The summed E-state index contributed by atoms with van der Waals surface area (Å²) >= 11 is 0. The van der Waals surface area contributed by atoms with E-state index in [4.69, 9.17) is 0 Å². The third-order valence-electron chi connectivity index (χ3n) is 3.80. The zero-order valence-electron chi connectivity index (χ0n) is 12.6. The van der Waals surface area contributed by atoms with Crippen molar-refractivity contribution in [2.45, 2.75) is 39.5 Å². The van der Waals surface area contributed by atoms with Gasteiger partial charge < -0.3 is 0 Å². The van der Waals surface area contributed by atoms with Crippen molar-refractivity contribution in [2.24, 2.45) is 0 Å². The molecule has 0 saturated heterocycles. The predicted molar refractivity (Wildman–Crippen MR) is 79.7 cm³/mol. The normalized spacial score (nSPS) is 11.0. The number of hydrogen-bond acceptors (Lipinski definition) is 0. The highest BCUT2D eigenvalue weighted by Gasteiger charge is 2.26. The minimum Gasteiger partial charge on any atom is -0.203 e. The van der Waals surface area contributed by atoms with Crippen LogP contribution in [-0.4, -0.2) is 0 Å². The first kappa shape index (κ1) is 16.5. The van der Waals surface area contributed by atoms with Gasteiger partial charge >= 0.3 is 0 Å². The van der Waals surface area contributed by atoms with Crippen molar-refractivity contribution in [3.63, 3.8) is 0 Å². The molecule has 0 aliphatic carbocycles. The molecule has 0 amide bonds. The molecule has 0 aliphatic rings. The average molecular weight is 310 g/mol. The fourth-order valence-electron chi connectivity index (χ4n) is 2.56. The molecule has 2 rings (SSSR count). The van der Waals surface area contributed by atoms with Gasteiger partial charge in [-0.05, 0) is 30.4 Å². The van der Waals surface area contributed by atoms with Gasteiger partial charge in [0.25, 0.3) is 0 Å². The lowest BCUT2D eigenvalue weighted by molar-refractivity contribution is 0.441.